The number of aliphatic hydroxyl groups is 2. The summed E-state index contributed by atoms with van der Waals surface area (Å²) in [5.41, 5.74) is 1.50. The molecule has 108 valence electrons. The molecule has 0 bridgehead atoms. The van der Waals surface area contributed by atoms with Crippen LogP contribution in [0.5, 0.6) is 0 Å². The third-order valence-electron chi connectivity index (χ3n) is 3.43. The third kappa shape index (κ3) is 2.26. The van der Waals surface area contributed by atoms with Crippen molar-refractivity contribution in [2.75, 3.05) is 6.61 Å². The summed E-state index contributed by atoms with van der Waals surface area (Å²) in [7, 11) is 0. The van der Waals surface area contributed by atoms with Crippen molar-refractivity contribution >= 4 is 46.5 Å². The van der Waals surface area contributed by atoms with Gasteiger partial charge in [-0.2, -0.15) is 0 Å². The van der Waals surface area contributed by atoms with E-state index in [-0.39, 0.29) is 6.61 Å². The largest absolute Gasteiger partial charge is 0.394 e. The molecule has 1 saturated heterocycles. The normalized spacial score (nSPS) is 26.5. The molecule has 5 nitrogen and oxygen atoms in total. The topological polar surface area (TPSA) is 70.4 Å². The molecule has 0 aliphatic carbocycles. The number of halogens is 2. The van der Waals surface area contributed by atoms with Gasteiger partial charge in [-0.05, 0) is 24.4 Å². The van der Waals surface area contributed by atoms with Crippen LogP contribution in [-0.4, -0.2) is 38.6 Å². The van der Waals surface area contributed by atoms with Gasteiger partial charge in [0, 0.05) is 6.42 Å². The number of fused-ring (bicyclic) bond motifs is 1. The molecular formula is C12H12Cl2N2O3S. The quantitative estimate of drug-likeness (QED) is 0.738. The van der Waals surface area contributed by atoms with Gasteiger partial charge in [-0.1, -0.05) is 23.2 Å². The number of nitrogens with zero attached hydrogens (tertiary/aromatic N) is 1. The molecule has 1 aliphatic heterocycles. The van der Waals surface area contributed by atoms with E-state index in [1.807, 2.05) is 0 Å². The number of imidazole rings is 1. The van der Waals surface area contributed by atoms with Crippen LogP contribution in [0.25, 0.3) is 11.0 Å². The van der Waals surface area contributed by atoms with E-state index >= 15 is 0 Å². The highest BCUT2D eigenvalue weighted by Crippen LogP contribution is 2.34. The average Bonchev–Trinajstić information content (AvgIpc) is 2.90. The average molecular weight is 335 g/mol. The van der Waals surface area contributed by atoms with Gasteiger partial charge in [0.1, 0.15) is 12.3 Å². The number of aromatic nitrogens is 2. The smallest absolute Gasteiger partial charge is 0.180 e. The predicted molar refractivity (Wildman–Crippen MR) is 78.8 cm³/mol. The van der Waals surface area contributed by atoms with Crippen LogP contribution in [0.4, 0.5) is 0 Å². The SMILES string of the molecule is OC[C@H]1O[C@@H](n2c(=S)[nH]c3cc(Cl)c(Cl)cc32)C[C@@H]1O. The lowest BCUT2D eigenvalue weighted by Gasteiger charge is -2.14. The van der Waals surface area contributed by atoms with Crippen molar-refractivity contribution in [2.45, 2.75) is 24.9 Å². The Kier molecular flexibility index (Phi) is 3.79. The lowest BCUT2D eigenvalue weighted by molar-refractivity contribution is -0.0434. The van der Waals surface area contributed by atoms with Crippen LogP contribution >= 0.6 is 35.4 Å². The standard InChI is InChI=1S/C12H12Cl2N2O3S/c13-5-1-7-8(2-6(5)14)16(12(20)15-7)11-3-9(18)10(4-17)19-11/h1-2,9-11,17-18H,3-4H2,(H,15,20)/t9-,10+,11+/m0/s1. The van der Waals surface area contributed by atoms with Gasteiger partial charge >= 0.3 is 0 Å². The van der Waals surface area contributed by atoms with E-state index in [2.05, 4.69) is 4.98 Å². The second-order valence-electron chi connectivity index (χ2n) is 4.70. The van der Waals surface area contributed by atoms with E-state index < -0.39 is 18.4 Å². The molecule has 0 amide bonds. The number of aromatic amines is 1. The van der Waals surface area contributed by atoms with Crippen molar-refractivity contribution in [3.05, 3.63) is 26.9 Å². The van der Waals surface area contributed by atoms with Gasteiger partial charge in [0.15, 0.2) is 4.77 Å². The number of benzene rings is 1. The molecule has 2 aromatic rings. The second-order valence-corrected chi connectivity index (χ2v) is 5.90. The number of ether oxygens (including phenoxy) is 1. The summed E-state index contributed by atoms with van der Waals surface area (Å²) in [6.45, 7) is -0.236. The lowest BCUT2D eigenvalue weighted by Crippen LogP contribution is -2.24. The van der Waals surface area contributed by atoms with E-state index in [0.717, 1.165) is 11.0 Å². The Morgan fingerprint density at radius 3 is 2.75 bits per heavy atom. The first-order valence-corrected chi connectivity index (χ1v) is 7.21. The molecule has 0 unspecified atom stereocenters. The number of hydrogen-bond acceptors (Lipinski definition) is 4. The van der Waals surface area contributed by atoms with Gasteiger partial charge in [0.25, 0.3) is 0 Å². The summed E-state index contributed by atoms with van der Waals surface area (Å²) in [5.74, 6) is 0. The molecule has 3 atom stereocenters. The maximum absolute atomic E-state index is 9.83. The zero-order chi connectivity index (χ0) is 14.4. The second kappa shape index (κ2) is 5.29. The van der Waals surface area contributed by atoms with E-state index in [1.54, 1.807) is 16.7 Å². The van der Waals surface area contributed by atoms with E-state index in [0.29, 0.717) is 21.2 Å². The Morgan fingerprint density at radius 2 is 2.10 bits per heavy atom. The summed E-state index contributed by atoms with van der Waals surface area (Å²) in [5, 5.41) is 19.8. The Bertz CT molecular complexity index is 715. The minimum absolute atomic E-state index is 0.236. The molecular weight excluding hydrogens is 323 g/mol. The zero-order valence-corrected chi connectivity index (χ0v) is 12.5. The monoisotopic (exact) mass is 334 g/mol. The van der Waals surface area contributed by atoms with Crippen molar-refractivity contribution in [3.63, 3.8) is 0 Å². The summed E-state index contributed by atoms with van der Waals surface area (Å²) in [6, 6.07) is 3.40. The molecule has 1 aromatic heterocycles. The summed E-state index contributed by atoms with van der Waals surface area (Å²) in [4.78, 5) is 3.03. The fraction of sp³-hybridized carbons (Fsp3) is 0.417. The molecule has 1 fully saturated rings. The summed E-state index contributed by atoms with van der Waals surface area (Å²) < 4.78 is 7.82. The van der Waals surface area contributed by atoms with E-state index in [9.17, 15) is 5.11 Å². The fourth-order valence-corrected chi connectivity index (χ4v) is 3.09. The molecule has 8 heteroatoms. The van der Waals surface area contributed by atoms with Gasteiger partial charge < -0.3 is 19.9 Å². The first-order chi connectivity index (χ1) is 9.51. The highest BCUT2D eigenvalue weighted by atomic mass is 35.5. The molecule has 3 rings (SSSR count). The molecule has 20 heavy (non-hydrogen) atoms. The van der Waals surface area contributed by atoms with Crippen LogP contribution in [0.1, 0.15) is 12.6 Å². The van der Waals surface area contributed by atoms with Gasteiger partial charge in [-0.15, -0.1) is 0 Å². The van der Waals surface area contributed by atoms with Crippen LogP contribution < -0.4 is 0 Å². The van der Waals surface area contributed by atoms with E-state index in [1.165, 1.54) is 0 Å². The van der Waals surface area contributed by atoms with Crippen molar-refractivity contribution in [2.24, 2.45) is 0 Å². The molecule has 0 saturated carbocycles. The van der Waals surface area contributed by atoms with Crippen LogP contribution in [-0.2, 0) is 4.74 Å². The molecule has 0 radical (unpaired) electrons. The first kappa shape index (κ1) is 14.3. The summed E-state index contributed by atoms with van der Waals surface area (Å²) >= 11 is 17.3. The Morgan fingerprint density at radius 1 is 1.40 bits per heavy atom. The predicted octanol–water partition coefficient (Wildman–Crippen LogP) is 2.65. The Balaban J connectivity index is 2.10. The molecule has 1 aromatic carbocycles. The third-order valence-corrected chi connectivity index (χ3v) is 4.45. The summed E-state index contributed by atoms with van der Waals surface area (Å²) in [6.07, 6.45) is -1.41. The molecule has 0 spiro atoms. The Labute approximate surface area is 129 Å². The highest BCUT2D eigenvalue weighted by Gasteiger charge is 2.35. The van der Waals surface area contributed by atoms with Gasteiger partial charge in [0.05, 0.1) is 33.8 Å². The lowest BCUT2D eigenvalue weighted by atomic mass is 10.2. The van der Waals surface area contributed by atoms with Crippen LogP contribution in [0.3, 0.4) is 0 Å². The number of hydrogen-bond donors (Lipinski definition) is 3. The number of aliphatic hydroxyl groups excluding tert-OH is 2. The highest BCUT2D eigenvalue weighted by molar-refractivity contribution is 7.71. The van der Waals surface area contributed by atoms with Crippen molar-refractivity contribution in [1.82, 2.24) is 9.55 Å². The Hall–Kier alpha value is -0.630. The minimum Gasteiger partial charge on any atom is -0.394 e. The van der Waals surface area contributed by atoms with Crippen molar-refractivity contribution < 1.29 is 14.9 Å². The van der Waals surface area contributed by atoms with Crippen LogP contribution in [0.15, 0.2) is 12.1 Å². The molecule has 1 aliphatic rings. The van der Waals surface area contributed by atoms with Crippen LogP contribution in [0.2, 0.25) is 10.0 Å². The number of nitrogens with one attached hydrogen (secondary N) is 1. The van der Waals surface area contributed by atoms with Crippen molar-refractivity contribution in [3.8, 4) is 0 Å². The van der Waals surface area contributed by atoms with Crippen molar-refractivity contribution in [1.29, 1.82) is 0 Å². The van der Waals surface area contributed by atoms with Gasteiger partial charge in [-0.25, -0.2) is 0 Å². The first-order valence-electron chi connectivity index (χ1n) is 6.05. The molecule has 3 N–H and O–H groups in total. The van der Waals surface area contributed by atoms with E-state index in [4.69, 9.17) is 45.3 Å². The fourth-order valence-electron chi connectivity index (χ4n) is 2.44. The van der Waals surface area contributed by atoms with Gasteiger partial charge in [-0.3, -0.25) is 4.57 Å². The zero-order valence-electron chi connectivity index (χ0n) is 10.2. The molecule has 2 heterocycles. The minimum atomic E-state index is -0.723. The maximum atomic E-state index is 9.83. The number of H-pyrrole nitrogens is 1. The maximum Gasteiger partial charge on any atom is 0.180 e. The van der Waals surface area contributed by atoms with Gasteiger partial charge in [0.2, 0.25) is 0 Å². The number of rotatable bonds is 2. The van der Waals surface area contributed by atoms with Crippen LogP contribution in [0, 0.1) is 4.77 Å².